The molecule has 1 fully saturated rings. The molecule has 2 atom stereocenters. The van der Waals surface area contributed by atoms with Crippen molar-refractivity contribution in [3.8, 4) is 0 Å². The fourth-order valence-electron chi connectivity index (χ4n) is 1.45. The first-order chi connectivity index (χ1) is 5.07. The molecule has 0 spiro atoms. The SMILES string of the molecule is NC1=[NH+]C2CS(=O)(=O)CC2S1. The van der Waals surface area contributed by atoms with Gasteiger partial charge in [-0.25, -0.2) is 8.42 Å². The van der Waals surface area contributed by atoms with Crippen molar-refractivity contribution in [2.24, 2.45) is 5.73 Å². The van der Waals surface area contributed by atoms with E-state index < -0.39 is 9.84 Å². The number of hydrogen-bond acceptors (Lipinski definition) is 4. The average molecular weight is 193 g/mol. The Hall–Kier alpha value is -0.230. The van der Waals surface area contributed by atoms with Crippen LogP contribution in [0.1, 0.15) is 0 Å². The van der Waals surface area contributed by atoms with Crippen LogP contribution in [0.25, 0.3) is 0 Å². The highest BCUT2D eigenvalue weighted by Crippen LogP contribution is 2.24. The van der Waals surface area contributed by atoms with E-state index >= 15 is 0 Å². The number of thioether (sulfide) groups is 1. The largest absolute Gasteiger partial charge is 0.302 e. The Morgan fingerprint density at radius 3 is 2.91 bits per heavy atom. The molecule has 4 nitrogen and oxygen atoms in total. The normalized spacial score (nSPS) is 40.2. The fourth-order valence-corrected chi connectivity index (χ4v) is 5.07. The molecule has 0 aromatic heterocycles. The van der Waals surface area contributed by atoms with Gasteiger partial charge in [-0.1, -0.05) is 0 Å². The monoisotopic (exact) mass is 193 g/mol. The van der Waals surface area contributed by atoms with Crippen molar-refractivity contribution in [1.29, 1.82) is 0 Å². The Kier molecular flexibility index (Phi) is 1.44. The summed E-state index contributed by atoms with van der Waals surface area (Å²) in [6, 6.07) is 0.0602. The maximum atomic E-state index is 11.0. The zero-order chi connectivity index (χ0) is 8.06. The van der Waals surface area contributed by atoms with Crippen LogP contribution in [-0.2, 0) is 9.84 Å². The van der Waals surface area contributed by atoms with Crippen LogP contribution in [0.2, 0.25) is 0 Å². The summed E-state index contributed by atoms with van der Waals surface area (Å²) in [4.78, 5) is 2.95. The molecule has 2 heterocycles. The lowest BCUT2D eigenvalue weighted by Gasteiger charge is -1.96. The second-order valence-corrected chi connectivity index (χ2v) is 6.28. The number of hydrogen-bond donors (Lipinski definition) is 2. The Morgan fingerprint density at radius 1 is 1.55 bits per heavy atom. The molecule has 2 aliphatic heterocycles. The smallest absolute Gasteiger partial charge is 0.282 e. The molecule has 3 N–H and O–H groups in total. The van der Waals surface area contributed by atoms with Crippen molar-refractivity contribution in [2.45, 2.75) is 11.3 Å². The van der Waals surface area contributed by atoms with E-state index in [0.29, 0.717) is 5.17 Å². The third kappa shape index (κ3) is 1.24. The van der Waals surface area contributed by atoms with Gasteiger partial charge < -0.3 is 0 Å². The van der Waals surface area contributed by atoms with Gasteiger partial charge in [0.2, 0.25) is 0 Å². The summed E-state index contributed by atoms with van der Waals surface area (Å²) in [6.45, 7) is 0. The van der Waals surface area contributed by atoms with Crippen LogP contribution >= 0.6 is 11.8 Å². The maximum Gasteiger partial charge on any atom is 0.302 e. The summed E-state index contributed by atoms with van der Waals surface area (Å²) in [5, 5.41) is 0.815. The molecule has 2 unspecified atom stereocenters. The highest BCUT2D eigenvalue weighted by atomic mass is 32.2. The standard InChI is InChI=1S/C5H8N2O2S2/c6-5-7-3-1-11(8,9)2-4(3)10-5/h3-4H,1-2H2,(H2,6,7)/p+1. The van der Waals surface area contributed by atoms with E-state index in [1.165, 1.54) is 11.8 Å². The van der Waals surface area contributed by atoms with Crippen molar-refractivity contribution in [2.75, 3.05) is 11.5 Å². The van der Waals surface area contributed by atoms with Crippen molar-refractivity contribution in [3.05, 3.63) is 0 Å². The van der Waals surface area contributed by atoms with Gasteiger partial charge in [-0.15, -0.1) is 0 Å². The summed E-state index contributed by atoms with van der Waals surface area (Å²) in [5.74, 6) is 0.515. The van der Waals surface area contributed by atoms with Gasteiger partial charge in [0.1, 0.15) is 6.04 Å². The molecule has 1 saturated heterocycles. The molecule has 0 radical (unpaired) electrons. The highest BCUT2D eigenvalue weighted by molar-refractivity contribution is 8.15. The lowest BCUT2D eigenvalue weighted by molar-refractivity contribution is -0.487. The quantitative estimate of drug-likeness (QED) is 0.439. The van der Waals surface area contributed by atoms with Crippen LogP contribution in [0.3, 0.4) is 0 Å². The predicted molar refractivity (Wildman–Crippen MR) is 44.0 cm³/mol. The minimum Gasteiger partial charge on any atom is -0.282 e. The zero-order valence-electron chi connectivity index (χ0n) is 5.78. The van der Waals surface area contributed by atoms with Gasteiger partial charge in [0.05, 0.1) is 16.8 Å². The molecular formula is C5H9N2O2S2+. The Bertz CT molecular complexity index is 308. The first kappa shape index (κ1) is 7.42. The second kappa shape index (κ2) is 2.13. The molecule has 0 saturated carbocycles. The summed E-state index contributed by atoms with van der Waals surface area (Å²) in [7, 11) is -2.78. The summed E-state index contributed by atoms with van der Waals surface area (Å²) in [6.07, 6.45) is 0. The van der Waals surface area contributed by atoms with Crippen LogP contribution in [-0.4, -0.2) is 36.4 Å². The van der Waals surface area contributed by atoms with E-state index in [-0.39, 0.29) is 22.8 Å². The first-order valence-corrected chi connectivity index (χ1v) is 6.03. The number of rotatable bonds is 0. The molecule has 0 bridgehead atoms. The number of amidine groups is 1. The number of sulfone groups is 1. The Balaban J connectivity index is 2.26. The number of nitrogens with two attached hydrogens (primary N) is 1. The number of nitrogens with one attached hydrogen (secondary N) is 1. The minimum absolute atomic E-state index is 0.0602. The van der Waals surface area contributed by atoms with E-state index in [0.717, 1.165) is 0 Å². The summed E-state index contributed by atoms with van der Waals surface area (Å²) in [5.41, 5.74) is 5.49. The van der Waals surface area contributed by atoms with Gasteiger partial charge in [-0.2, -0.15) is 0 Å². The van der Waals surface area contributed by atoms with E-state index in [2.05, 4.69) is 4.99 Å². The van der Waals surface area contributed by atoms with Crippen molar-refractivity contribution in [3.63, 3.8) is 0 Å². The molecule has 6 heteroatoms. The fraction of sp³-hybridized carbons (Fsp3) is 0.800. The van der Waals surface area contributed by atoms with Gasteiger partial charge in [0.25, 0.3) is 0 Å². The third-order valence-corrected chi connectivity index (χ3v) is 5.02. The summed E-state index contributed by atoms with van der Waals surface area (Å²) >= 11 is 1.44. The van der Waals surface area contributed by atoms with Crippen molar-refractivity contribution < 1.29 is 13.4 Å². The average Bonchev–Trinajstić information content (AvgIpc) is 2.17. The molecule has 0 aliphatic carbocycles. The van der Waals surface area contributed by atoms with E-state index in [9.17, 15) is 8.42 Å². The molecule has 11 heavy (non-hydrogen) atoms. The van der Waals surface area contributed by atoms with Gasteiger partial charge in [-0.05, 0) is 11.8 Å². The molecule has 0 aromatic carbocycles. The minimum atomic E-state index is -2.78. The molecule has 0 amide bonds. The topological polar surface area (TPSA) is 74.1 Å². The Morgan fingerprint density at radius 2 is 2.27 bits per heavy atom. The van der Waals surface area contributed by atoms with Crippen LogP contribution in [0, 0.1) is 0 Å². The van der Waals surface area contributed by atoms with Gasteiger partial charge in [0, 0.05) is 0 Å². The lowest BCUT2D eigenvalue weighted by atomic mass is 10.3. The van der Waals surface area contributed by atoms with Crippen LogP contribution < -0.4 is 10.7 Å². The molecule has 62 valence electrons. The highest BCUT2D eigenvalue weighted by Gasteiger charge is 2.44. The lowest BCUT2D eigenvalue weighted by Crippen LogP contribution is -2.79. The van der Waals surface area contributed by atoms with Crippen molar-refractivity contribution in [1.82, 2.24) is 0 Å². The maximum absolute atomic E-state index is 11.0. The van der Waals surface area contributed by atoms with E-state index in [4.69, 9.17) is 5.73 Å². The van der Waals surface area contributed by atoms with E-state index in [1.54, 1.807) is 0 Å². The number of fused-ring (bicyclic) bond motifs is 1. The molecule has 0 aromatic rings. The predicted octanol–water partition coefficient (Wildman–Crippen LogP) is -2.71. The molecule has 2 rings (SSSR count). The van der Waals surface area contributed by atoms with Crippen LogP contribution in [0.4, 0.5) is 0 Å². The zero-order valence-corrected chi connectivity index (χ0v) is 7.41. The van der Waals surface area contributed by atoms with Gasteiger partial charge in [0.15, 0.2) is 9.84 Å². The second-order valence-electron chi connectivity index (χ2n) is 2.85. The van der Waals surface area contributed by atoms with E-state index in [1.807, 2.05) is 0 Å². The molecular weight excluding hydrogens is 184 g/mol. The van der Waals surface area contributed by atoms with Gasteiger partial charge >= 0.3 is 5.17 Å². The molecule has 2 aliphatic rings. The van der Waals surface area contributed by atoms with Crippen LogP contribution in [0.15, 0.2) is 0 Å². The first-order valence-electron chi connectivity index (χ1n) is 3.33. The summed E-state index contributed by atoms with van der Waals surface area (Å²) < 4.78 is 22.1. The third-order valence-electron chi connectivity index (χ3n) is 1.91. The van der Waals surface area contributed by atoms with Crippen LogP contribution in [0.5, 0.6) is 0 Å². The van der Waals surface area contributed by atoms with Crippen molar-refractivity contribution >= 4 is 26.8 Å². The Labute approximate surface area is 69.2 Å². The van der Waals surface area contributed by atoms with Gasteiger partial charge in [-0.3, -0.25) is 10.7 Å².